The second-order valence-corrected chi connectivity index (χ2v) is 6.46. The van der Waals surface area contributed by atoms with Crippen LogP contribution in [0.2, 0.25) is 0 Å². The molecule has 21 heavy (non-hydrogen) atoms. The molecule has 0 saturated heterocycles. The van der Waals surface area contributed by atoms with Crippen LogP contribution in [0.1, 0.15) is 35.7 Å². The van der Waals surface area contributed by atoms with E-state index in [-0.39, 0.29) is 17.8 Å². The van der Waals surface area contributed by atoms with Crippen molar-refractivity contribution in [3.05, 3.63) is 58.0 Å². The summed E-state index contributed by atoms with van der Waals surface area (Å²) in [7, 11) is 0. The van der Waals surface area contributed by atoms with E-state index in [0.717, 1.165) is 29.7 Å². The molecule has 1 aromatic heterocycles. The quantitative estimate of drug-likeness (QED) is 0.912. The van der Waals surface area contributed by atoms with Crippen LogP contribution < -0.4 is 11.1 Å². The van der Waals surface area contributed by atoms with Crippen molar-refractivity contribution in [3.63, 3.8) is 0 Å². The summed E-state index contributed by atoms with van der Waals surface area (Å²) in [6.45, 7) is 0. The van der Waals surface area contributed by atoms with E-state index in [0.29, 0.717) is 0 Å². The summed E-state index contributed by atoms with van der Waals surface area (Å²) in [6, 6.07) is 9.83. The summed E-state index contributed by atoms with van der Waals surface area (Å²) in [5, 5.41) is 4.98. The third-order valence-corrected chi connectivity index (χ3v) is 4.94. The third kappa shape index (κ3) is 2.84. The molecule has 3 rings (SSSR count). The molecule has 5 heteroatoms. The maximum atomic E-state index is 13.1. The number of rotatable bonds is 4. The molecule has 1 saturated carbocycles. The van der Waals surface area contributed by atoms with E-state index in [9.17, 15) is 9.18 Å². The molecule has 0 radical (unpaired) electrons. The standard InChI is InChI=1S/C16H17FN2OS/c17-12-6-4-11(5-7-12)14(13-3-1-10-21-13)19-15(20)16(18)8-2-9-16/h1,3-7,10,14H,2,8-9,18H2,(H,19,20). The minimum absolute atomic E-state index is 0.128. The first-order valence-corrected chi connectivity index (χ1v) is 7.85. The highest BCUT2D eigenvalue weighted by molar-refractivity contribution is 7.10. The maximum absolute atomic E-state index is 13.1. The Kier molecular flexibility index (Phi) is 3.78. The first-order valence-electron chi connectivity index (χ1n) is 6.97. The highest BCUT2D eigenvalue weighted by atomic mass is 32.1. The van der Waals surface area contributed by atoms with Crippen LogP contribution >= 0.6 is 11.3 Å². The largest absolute Gasteiger partial charge is 0.343 e. The molecule has 3 N–H and O–H groups in total. The molecular formula is C16H17FN2OS. The molecule has 1 atom stereocenters. The molecule has 0 bridgehead atoms. The predicted octanol–water partition coefficient (Wildman–Crippen LogP) is 2.97. The molecule has 1 aromatic carbocycles. The van der Waals surface area contributed by atoms with E-state index in [1.54, 1.807) is 23.5 Å². The molecule has 1 fully saturated rings. The minimum Gasteiger partial charge on any atom is -0.343 e. The third-order valence-electron chi connectivity index (χ3n) is 4.00. The topological polar surface area (TPSA) is 55.1 Å². The van der Waals surface area contributed by atoms with Crippen molar-refractivity contribution in [3.8, 4) is 0 Å². The zero-order chi connectivity index (χ0) is 14.9. The van der Waals surface area contributed by atoms with Crippen molar-refractivity contribution in [1.29, 1.82) is 0 Å². The molecule has 1 amide bonds. The van der Waals surface area contributed by atoms with Gasteiger partial charge in [0.2, 0.25) is 5.91 Å². The first-order chi connectivity index (χ1) is 10.1. The Morgan fingerprint density at radius 3 is 2.52 bits per heavy atom. The number of thiophene rings is 1. The highest BCUT2D eigenvalue weighted by Crippen LogP contribution is 2.32. The zero-order valence-corrected chi connectivity index (χ0v) is 12.3. The Morgan fingerprint density at radius 1 is 1.29 bits per heavy atom. The predicted molar refractivity (Wildman–Crippen MR) is 81.5 cm³/mol. The number of nitrogens with one attached hydrogen (secondary N) is 1. The monoisotopic (exact) mass is 304 g/mol. The van der Waals surface area contributed by atoms with Crippen molar-refractivity contribution >= 4 is 17.2 Å². The summed E-state index contributed by atoms with van der Waals surface area (Å²) in [6.07, 6.45) is 2.43. The molecule has 1 heterocycles. The van der Waals surface area contributed by atoms with Gasteiger partial charge in [-0.2, -0.15) is 0 Å². The number of carbonyl (C=O) groups is 1. The Bertz CT molecular complexity index is 620. The number of hydrogen-bond donors (Lipinski definition) is 2. The molecule has 2 aromatic rings. The lowest BCUT2D eigenvalue weighted by Crippen LogP contribution is -2.59. The van der Waals surface area contributed by atoms with E-state index in [2.05, 4.69) is 5.32 Å². The van der Waals surface area contributed by atoms with Gasteiger partial charge in [0.25, 0.3) is 0 Å². The number of benzene rings is 1. The number of carbonyl (C=O) groups excluding carboxylic acids is 1. The van der Waals surface area contributed by atoms with Gasteiger partial charge in [0.1, 0.15) is 5.82 Å². The number of halogens is 1. The fourth-order valence-corrected chi connectivity index (χ4v) is 3.29. The molecule has 0 spiro atoms. The van der Waals surface area contributed by atoms with Crippen LogP contribution in [0.3, 0.4) is 0 Å². The van der Waals surface area contributed by atoms with E-state index in [1.165, 1.54) is 12.1 Å². The van der Waals surface area contributed by atoms with E-state index < -0.39 is 5.54 Å². The molecule has 110 valence electrons. The van der Waals surface area contributed by atoms with Crippen LogP contribution in [0.25, 0.3) is 0 Å². The molecule has 0 aliphatic heterocycles. The summed E-state index contributed by atoms with van der Waals surface area (Å²) >= 11 is 1.56. The van der Waals surface area contributed by atoms with Crippen LogP contribution in [0, 0.1) is 5.82 Å². The fraction of sp³-hybridized carbons (Fsp3) is 0.312. The molecule has 1 unspecified atom stereocenters. The lowest BCUT2D eigenvalue weighted by atomic mass is 9.77. The summed E-state index contributed by atoms with van der Waals surface area (Å²) < 4.78 is 13.1. The van der Waals surface area contributed by atoms with E-state index in [4.69, 9.17) is 5.73 Å². The summed E-state index contributed by atoms with van der Waals surface area (Å²) in [5.41, 5.74) is 6.20. The number of hydrogen-bond acceptors (Lipinski definition) is 3. The molecule has 1 aliphatic rings. The normalized spacial score (nSPS) is 17.8. The maximum Gasteiger partial charge on any atom is 0.240 e. The lowest BCUT2D eigenvalue weighted by Gasteiger charge is -2.37. The van der Waals surface area contributed by atoms with Crippen LogP contribution in [-0.4, -0.2) is 11.4 Å². The van der Waals surface area contributed by atoms with Gasteiger partial charge in [0.05, 0.1) is 11.6 Å². The van der Waals surface area contributed by atoms with Gasteiger partial charge in [-0.1, -0.05) is 18.2 Å². The van der Waals surface area contributed by atoms with Crippen LogP contribution in [0.5, 0.6) is 0 Å². The van der Waals surface area contributed by atoms with Gasteiger partial charge >= 0.3 is 0 Å². The van der Waals surface area contributed by atoms with Crippen LogP contribution in [0.15, 0.2) is 41.8 Å². The van der Waals surface area contributed by atoms with Crippen molar-refractivity contribution in [2.75, 3.05) is 0 Å². The first kappa shape index (κ1) is 14.2. The SMILES string of the molecule is NC1(C(=O)NC(c2ccc(F)cc2)c2cccs2)CCC1. The number of nitrogens with two attached hydrogens (primary N) is 1. The Morgan fingerprint density at radius 2 is 2.00 bits per heavy atom. The molecular weight excluding hydrogens is 287 g/mol. The lowest BCUT2D eigenvalue weighted by molar-refractivity contribution is -0.129. The van der Waals surface area contributed by atoms with Gasteiger partial charge in [0.15, 0.2) is 0 Å². The minimum atomic E-state index is -0.741. The Hall–Kier alpha value is -1.72. The van der Waals surface area contributed by atoms with Crippen molar-refractivity contribution in [1.82, 2.24) is 5.32 Å². The summed E-state index contributed by atoms with van der Waals surface area (Å²) in [4.78, 5) is 13.4. The van der Waals surface area contributed by atoms with E-state index >= 15 is 0 Å². The highest BCUT2D eigenvalue weighted by Gasteiger charge is 2.41. The molecule has 3 nitrogen and oxygen atoms in total. The smallest absolute Gasteiger partial charge is 0.240 e. The van der Waals surface area contributed by atoms with Crippen molar-refractivity contribution in [2.45, 2.75) is 30.8 Å². The average molecular weight is 304 g/mol. The average Bonchev–Trinajstić information content (AvgIpc) is 2.97. The van der Waals surface area contributed by atoms with Gasteiger partial charge in [-0.3, -0.25) is 4.79 Å². The molecule has 1 aliphatic carbocycles. The second-order valence-electron chi connectivity index (χ2n) is 5.48. The second kappa shape index (κ2) is 5.58. The van der Waals surface area contributed by atoms with Gasteiger partial charge in [-0.05, 0) is 48.4 Å². The number of amides is 1. The van der Waals surface area contributed by atoms with Gasteiger partial charge in [-0.15, -0.1) is 11.3 Å². The van der Waals surface area contributed by atoms with Crippen LogP contribution in [-0.2, 0) is 4.79 Å². The van der Waals surface area contributed by atoms with Gasteiger partial charge < -0.3 is 11.1 Å². The zero-order valence-electron chi connectivity index (χ0n) is 11.5. The Balaban J connectivity index is 1.86. The van der Waals surface area contributed by atoms with Crippen molar-refractivity contribution < 1.29 is 9.18 Å². The Labute approximate surface area is 127 Å². The summed E-state index contributed by atoms with van der Waals surface area (Å²) in [5.74, 6) is -0.416. The fourth-order valence-electron chi connectivity index (χ4n) is 2.49. The van der Waals surface area contributed by atoms with E-state index in [1.807, 2.05) is 17.5 Å². The van der Waals surface area contributed by atoms with Gasteiger partial charge in [0, 0.05) is 4.88 Å². The van der Waals surface area contributed by atoms with Gasteiger partial charge in [-0.25, -0.2) is 4.39 Å². The van der Waals surface area contributed by atoms with Crippen LogP contribution in [0.4, 0.5) is 4.39 Å². The van der Waals surface area contributed by atoms with Crippen molar-refractivity contribution in [2.24, 2.45) is 5.73 Å².